The number of fused-ring (bicyclic) bond motifs is 1. The number of halogens is 2. The normalized spacial score (nSPS) is 13.0. The number of aromatic nitrogens is 1. The monoisotopic (exact) mass is 351 g/mol. The molecule has 0 aliphatic carbocycles. The maximum atomic E-state index is 12.6. The molecule has 0 fully saturated rings. The van der Waals surface area contributed by atoms with E-state index in [2.05, 4.69) is 0 Å². The molecule has 3 rings (SSSR count). The summed E-state index contributed by atoms with van der Waals surface area (Å²) >= 11 is 11.9. The number of benzene rings is 1. The number of nitrogens with zero attached hydrogens (tertiary/aromatic N) is 1. The van der Waals surface area contributed by atoms with E-state index in [0.29, 0.717) is 40.6 Å². The molecule has 0 spiro atoms. The fourth-order valence-electron chi connectivity index (χ4n) is 2.95. The van der Waals surface area contributed by atoms with Crippen LogP contribution in [0.4, 0.5) is 0 Å². The van der Waals surface area contributed by atoms with E-state index in [-0.39, 0.29) is 5.56 Å². The fourth-order valence-corrected chi connectivity index (χ4v) is 3.27. The summed E-state index contributed by atoms with van der Waals surface area (Å²) in [6, 6.07) is 6.90. The van der Waals surface area contributed by atoms with E-state index in [1.807, 2.05) is 6.07 Å². The van der Waals surface area contributed by atoms with Gasteiger partial charge in [0, 0.05) is 24.2 Å². The lowest BCUT2D eigenvalue weighted by Crippen LogP contribution is -2.26. The molecule has 1 aliphatic rings. The summed E-state index contributed by atoms with van der Waals surface area (Å²) in [4.78, 5) is 24.6. The molecule has 0 atom stereocenters. The highest BCUT2D eigenvalue weighted by atomic mass is 35.5. The van der Waals surface area contributed by atoms with Crippen LogP contribution in [-0.2, 0) is 24.1 Å². The molecule has 1 aromatic heterocycles. The van der Waals surface area contributed by atoms with Gasteiger partial charge in [-0.1, -0.05) is 29.3 Å². The Morgan fingerprint density at radius 2 is 2.04 bits per heavy atom. The minimum absolute atomic E-state index is 0.0591. The number of rotatable bonds is 3. The Labute approximate surface area is 143 Å². The Morgan fingerprint density at radius 3 is 2.74 bits per heavy atom. The number of hydrogen-bond donors (Lipinski definition) is 0. The van der Waals surface area contributed by atoms with Crippen molar-refractivity contribution in [3.05, 3.63) is 67.0 Å². The average molecular weight is 352 g/mol. The summed E-state index contributed by atoms with van der Waals surface area (Å²) in [6.07, 6.45) is 1.96. The highest BCUT2D eigenvalue weighted by Crippen LogP contribution is 2.24. The Kier molecular flexibility index (Phi) is 4.46. The van der Waals surface area contributed by atoms with Gasteiger partial charge in [0.25, 0.3) is 5.56 Å². The molecule has 4 nitrogen and oxygen atoms in total. The van der Waals surface area contributed by atoms with Crippen molar-refractivity contribution in [3.63, 3.8) is 0 Å². The SMILES string of the molecule is COC(=O)c1cc(Cc2ccc(Cl)c(Cl)c2)c(=O)n2c1CCC2. The van der Waals surface area contributed by atoms with Crippen LogP contribution in [0.5, 0.6) is 0 Å². The Hall–Kier alpha value is -1.78. The third kappa shape index (κ3) is 3.01. The predicted octanol–water partition coefficient (Wildman–Crippen LogP) is 3.48. The topological polar surface area (TPSA) is 48.3 Å². The quantitative estimate of drug-likeness (QED) is 0.795. The minimum Gasteiger partial charge on any atom is -0.465 e. The number of carbonyl (C=O) groups is 1. The standard InChI is InChI=1S/C17H15Cl2NO3/c1-23-17(22)12-9-11(16(21)20-6-2-3-15(12)20)7-10-4-5-13(18)14(19)8-10/h4-5,8-9H,2-3,6-7H2,1H3. The molecule has 2 aromatic rings. The molecule has 0 saturated carbocycles. The van der Waals surface area contributed by atoms with Gasteiger partial charge in [-0.3, -0.25) is 4.79 Å². The van der Waals surface area contributed by atoms with Crippen molar-refractivity contribution >= 4 is 29.2 Å². The predicted molar refractivity (Wildman–Crippen MR) is 89.6 cm³/mol. The van der Waals surface area contributed by atoms with Gasteiger partial charge in [0.2, 0.25) is 0 Å². The van der Waals surface area contributed by atoms with E-state index in [9.17, 15) is 9.59 Å². The zero-order valence-electron chi connectivity index (χ0n) is 12.6. The first-order valence-electron chi connectivity index (χ1n) is 7.29. The molecule has 0 bridgehead atoms. The van der Waals surface area contributed by atoms with Crippen molar-refractivity contribution in [3.8, 4) is 0 Å². The average Bonchev–Trinajstić information content (AvgIpc) is 3.03. The molecule has 1 aromatic carbocycles. The van der Waals surface area contributed by atoms with Gasteiger partial charge in [-0.25, -0.2) is 4.79 Å². The molecule has 1 aliphatic heterocycles. The van der Waals surface area contributed by atoms with Gasteiger partial charge in [0.1, 0.15) is 0 Å². The summed E-state index contributed by atoms with van der Waals surface area (Å²) in [5.41, 5.74) is 2.59. The number of pyridine rings is 1. The van der Waals surface area contributed by atoms with Crippen LogP contribution < -0.4 is 5.56 Å². The van der Waals surface area contributed by atoms with Crippen molar-refractivity contribution in [1.29, 1.82) is 0 Å². The lowest BCUT2D eigenvalue weighted by molar-refractivity contribution is 0.0598. The number of esters is 1. The van der Waals surface area contributed by atoms with E-state index >= 15 is 0 Å². The van der Waals surface area contributed by atoms with Gasteiger partial charge in [0.15, 0.2) is 0 Å². The summed E-state index contributed by atoms with van der Waals surface area (Å²) < 4.78 is 6.53. The smallest absolute Gasteiger partial charge is 0.339 e. The maximum absolute atomic E-state index is 12.6. The minimum atomic E-state index is -0.411. The van der Waals surface area contributed by atoms with Crippen molar-refractivity contribution in [1.82, 2.24) is 4.57 Å². The van der Waals surface area contributed by atoms with E-state index in [1.165, 1.54) is 7.11 Å². The first-order valence-corrected chi connectivity index (χ1v) is 8.04. The maximum Gasteiger partial charge on any atom is 0.339 e. The fraction of sp³-hybridized carbons (Fsp3) is 0.294. The Bertz CT molecular complexity index is 842. The van der Waals surface area contributed by atoms with Gasteiger partial charge in [0.05, 0.1) is 22.7 Å². The van der Waals surface area contributed by atoms with Crippen molar-refractivity contribution in [2.24, 2.45) is 0 Å². The van der Waals surface area contributed by atoms with E-state index in [1.54, 1.807) is 22.8 Å². The number of carbonyl (C=O) groups excluding carboxylic acids is 1. The number of methoxy groups -OCH3 is 1. The van der Waals surface area contributed by atoms with Crippen LogP contribution in [0, 0.1) is 0 Å². The summed E-state index contributed by atoms with van der Waals surface area (Å²) in [5, 5.41) is 0.912. The zero-order chi connectivity index (χ0) is 16.6. The Balaban J connectivity index is 2.07. The highest BCUT2D eigenvalue weighted by molar-refractivity contribution is 6.42. The molecular weight excluding hydrogens is 337 g/mol. The van der Waals surface area contributed by atoms with Crippen molar-refractivity contribution in [2.75, 3.05) is 7.11 Å². The molecule has 0 amide bonds. The molecule has 0 N–H and O–H groups in total. The third-order valence-electron chi connectivity index (χ3n) is 4.05. The molecule has 120 valence electrons. The molecule has 0 saturated heterocycles. The van der Waals surface area contributed by atoms with Crippen LogP contribution in [-0.4, -0.2) is 17.6 Å². The Morgan fingerprint density at radius 1 is 1.26 bits per heavy atom. The largest absolute Gasteiger partial charge is 0.465 e. The summed E-state index contributed by atoms with van der Waals surface area (Å²) in [7, 11) is 1.35. The van der Waals surface area contributed by atoms with Crippen molar-refractivity contribution in [2.45, 2.75) is 25.8 Å². The molecule has 23 heavy (non-hydrogen) atoms. The van der Waals surface area contributed by atoms with Crippen LogP contribution in [0.3, 0.4) is 0 Å². The third-order valence-corrected chi connectivity index (χ3v) is 4.79. The van der Waals surface area contributed by atoms with Crippen LogP contribution in [0.15, 0.2) is 29.1 Å². The number of ether oxygens (including phenoxy) is 1. The lowest BCUT2D eigenvalue weighted by atomic mass is 10.0. The van der Waals surface area contributed by atoms with Gasteiger partial charge in [-0.05, 0) is 36.6 Å². The first kappa shape index (κ1) is 16.1. The zero-order valence-corrected chi connectivity index (χ0v) is 14.1. The molecular formula is C17H15Cl2NO3. The lowest BCUT2D eigenvalue weighted by Gasteiger charge is -2.12. The molecule has 2 heterocycles. The van der Waals surface area contributed by atoms with Crippen LogP contribution >= 0.6 is 23.2 Å². The van der Waals surface area contributed by atoms with Crippen LogP contribution in [0.2, 0.25) is 10.0 Å². The second-order valence-corrected chi connectivity index (χ2v) is 6.32. The second kappa shape index (κ2) is 6.38. The van der Waals surface area contributed by atoms with Crippen LogP contribution in [0.1, 0.15) is 33.6 Å². The van der Waals surface area contributed by atoms with Crippen LogP contribution in [0.25, 0.3) is 0 Å². The van der Waals surface area contributed by atoms with E-state index in [0.717, 1.165) is 17.7 Å². The van der Waals surface area contributed by atoms with E-state index in [4.69, 9.17) is 27.9 Å². The van der Waals surface area contributed by atoms with Crippen molar-refractivity contribution < 1.29 is 9.53 Å². The highest BCUT2D eigenvalue weighted by Gasteiger charge is 2.23. The van der Waals surface area contributed by atoms with Gasteiger partial charge < -0.3 is 9.30 Å². The van der Waals surface area contributed by atoms with E-state index < -0.39 is 5.97 Å². The molecule has 0 unspecified atom stereocenters. The van der Waals surface area contributed by atoms with Gasteiger partial charge in [-0.2, -0.15) is 0 Å². The number of hydrogen-bond acceptors (Lipinski definition) is 3. The summed E-state index contributed by atoms with van der Waals surface area (Å²) in [5.74, 6) is -0.411. The molecule has 0 radical (unpaired) electrons. The molecule has 6 heteroatoms. The van der Waals surface area contributed by atoms with Gasteiger partial charge in [-0.15, -0.1) is 0 Å². The second-order valence-electron chi connectivity index (χ2n) is 5.51. The summed E-state index contributed by atoms with van der Waals surface area (Å²) in [6.45, 7) is 0.632. The van der Waals surface area contributed by atoms with Gasteiger partial charge >= 0.3 is 5.97 Å². The first-order chi connectivity index (χ1) is 11.0.